The Kier molecular flexibility index (Phi) is 5.15. The Balaban J connectivity index is 1.64. The Bertz CT molecular complexity index is 694. The topological polar surface area (TPSA) is 39.7 Å². The molecule has 1 heterocycles. The van der Waals surface area contributed by atoms with Crippen LogP contribution in [-0.2, 0) is 13.0 Å². The van der Waals surface area contributed by atoms with E-state index in [1.807, 2.05) is 18.2 Å². The summed E-state index contributed by atoms with van der Waals surface area (Å²) in [5.41, 5.74) is 1.75. The van der Waals surface area contributed by atoms with E-state index in [1.54, 1.807) is 31.4 Å². The van der Waals surface area contributed by atoms with Crippen LogP contribution < -0.4 is 19.5 Å². The van der Waals surface area contributed by atoms with Gasteiger partial charge in [-0.15, -0.1) is 0 Å². The fourth-order valence-electron chi connectivity index (χ4n) is 2.80. The van der Waals surface area contributed by atoms with Gasteiger partial charge >= 0.3 is 6.61 Å². The fraction of sp³-hybridized carbons (Fsp3) is 0.333. The summed E-state index contributed by atoms with van der Waals surface area (Å²) in [5, 5.41) is 3.34. The summed E-state index contributed by atoms with van der Waals surface area (Å²) in [6.45, 7) is -1.91. The second-order valence-corrected chi connectivity index (χ2v) is 5.53. The van der Waals surface area contributed by atoms with Crippen molar-refractivity contribution in [1.82, 2.24) is 5.32 Å². The van der Waals surface area contributed by atoms with E-state index in [0.29, 0.717) is 18.7 Å². The first-order valence-corrected chi connectivity index (χ1v) is 7.72. The highest BCUT2D eigenvalue weighted by atomic mass is 19.3. The third-order valence-corrected chi connectivity index (χ3v) is 3.95. The van der Waals surface area contributed by atoms with Gasteiger partial charge in [-0.05, 0) is 24.1 Å². The number of halogens is 2. The molecule has 1 aliphatic rings. The maximum Gasteiger partial charge on any atom is 0.387 e. The van der Waals surface area contributed by atoms with E-state index >= 15 is 0 Å². The average Bonchev–Trinajstić information content (AvgIpc) is 2.59. The lowest BCUT2D eigenvalue weighted by Crippen LogP contribution is -2.39. The highest BCUT2D eigenvalue weighted by molar-refractivity contribution is 5.48. The van der Waals surface area contributed by atoms with Crippen molar-refractivity contribution in [2.24, 2.45) is 0 Å². The van der Waals surface area contributed by atoms with Gasteiger partial charge in [-0.25, -0.2) is 0 Å². The van der Waals surface area contributed by atoms with Crippen molar-refractivity contribution >= 4 is 0 Å². The number of hydrogen-bond donors (Lipinski definition) is 1. The lowest BCUT2D eigenvalue weighted by molar-refractivity contribution is -0.0505. The molecule has 2 aromatic carbocycles. The normalized spacial score (nSPS) is 16.4. The molecule has 0 radical (unpaired) electrons. The Morgan fingerprint density at radius 2 is 1.96 bits per heavy atom. The summed E-state index contributed by atoms with van der Waals surface area (Å²) in [6.07, 6.45) is 0.782. The Morgan fingerprint density at radius 1 is 1.17 bits per heavy atom. The third-order valence-electron chi connectivity index (χ3n) is 3.95. The smallest absolute Gasteiger partial charge is 0.387 e. The van der Waals surface area contributed by atoms with Crippen LogP contribution in [0.15, 0.2) is 42.5 Å². The molecule has 0 unspecified atom stereocenters. The second-order valence-electron chi connectivity index (χ2n) is 5.53. The summed E-state index contributed by atoms with van der Waals surface area (Å²) >= 11 is 0. The highest BCUT2D eigenvalue weighted by Gasteiger charge is 2.22. The molecule has 0 saturated carbocycles. The number of fused-ring (bicyclic) bond motifs is 1. The van der Waals surface area contributed by atoms with Crippen molar-refractivity contribution in [2.75, 3.05) is 13.7 Å². The van der Waals surface area contributed by atoms with E-state index < -0.39 is 6.61 Å². The van der Waals surface area contributed by atoms with E-state index in [2.05, 4.69) is 10.1 Å². The minimum atomic E-state index is -2.83. The van der Waals surface area contributed by atoms with Crippen molar-refractivity contribution < 1.29 is 23.0 Å². The standard InChI is InChI=1S/C18H19F2NO3/c1-22-16-8-4-6-12-9-14(11-23-17(12)16)21-10-13-5-2-3-7-15(13)24-18(19)20/h2-8,14,18,21H,9-11H2,1H3/t14-/m0/s1. The molecule has 3 rings (SSSR count). The molecule has 4 nitrogen and oxygen atoms in total. The average molecular weight is 335 g/mol. The molecular weight excluding hydrogens is 316 g/mol. The van der Waals surface area contributed by atoms with E-state index in [0.717, 1.165) is 23.5 Å². The number of ether oxygens (including phenoxy) is 3. The maximum absolute atomic E-state index is 12.5. The first-order valence-electron chi connectivity index (χ1n) is 7.72. The molecule has 128 valence electrons. The van der Waals surface area contributed by atoms with Gasteiger partial charge in [0, 0.05) is 18.2 Å². The molecule has 0 fully saturated rings. The van der Waals surface area contributed by atoms with E-state index in [-0.39, 0.29) is 11.8 Å². The minimum absolute atomic E-state index is 0.0872. The maximum atomic E-state index is 12.5. The second kappa shape index (κ2) is 7.49. The van der Waals surface area contributed by atoms with Gasteiger partial charge in [0.2, 0.25) is 0 Å². The van der Waals surface area contributed by atoms with E-state index in [4.69, 9.17) is 9.47 Å². The first kappa shape index (κ1) is 16.5. The van der Waals surface area contributed by atoms with Gasteiger partial charge in [0.15, 0.2) is 11.5 Å². The number of methoxy groups -OCH3 is 1. The van der Waals surface area contributed by atoms with Crippen LogP contribution in [0.4, 0.5) is 8.78 Å². The van der Waals surface area contributed by atoms with Crippen molar-refractivity contribution in [2.45, 2.75) is 25.6 Å². The molecule has 0 saturated heterocycles. The third kappa shape index (κ3) is 3.76. The minimum Gasteiger partial charge on any atom is -0.493 e. The Labute approximate surface area is 139 Å². The monoisotopic (exact) mass is 335 g/mol. The predicted molar refractivity (Wildman–Crippen MR) is 85.9 cm³/mol. The van der Waals surface area contributed by atoms with Crippen LogP contribution in [0.2, 0.25) is 0 Å². The molecule has 1 N–H and O–H groups in total. The molecular formula is C18H19F2NO3. The summed E-state index contributed by atoms with van der Waals surface area (Å²) < 4.78 is 40.6. The van der Waals surface area contributed by atoms with Crippen LogP contribution in [0.1, 0.15) is 11.1 Å². The van der Waals surface area contributed by atoms with Gasteiger partial charge in [0.1, 0.15) is 12.4 Å². The van der Waals surface area contributed by atoms with Crippen molar-refractivity contribution in [3.8, 4) is 17.2 Å². The van der Waals surface area contributed by atoms with Crippen LogP contribution in [0, 0.1) is 0 Å². The number of alkyl halides is 2. The summed E-state index contributed by atoms with van der Waals surface area (Å²) in [6, 6.07) is 12.7. The van der Waals surface area contributed by atoms with Crippen LogP contribution in [-0.4, -0.2) is 26.4 Å². The van der Waals surface area contributed by atoms with Gasteiger partial charge in [-0.2, -0.15) is 8.78 Å². The fourth-order valence-corrected chi connectivity index (χ4v) is 2.80. The molecule has 6 heteroatoms. The van der Waals surface area contributed by atoms with Gasteiger partial charge in [0.05, 0.1) is 7.11 Å². The molecule has 1 aliphatic heterocycles. The van der Waals surface area contributed by atoms with Gasteiger partial charge in [0.25, 0.3) is 0 Å². The highest BCUT2D eigenvalue weighted by Crippen LogP contribution is 2.34. The molecule has 0 aliphatic carbocycles. The van der Waals surface area contributed by atoms with Crippen LogP contribution in [0.5, 0.6) is 17.2 Å². The SMILES string of the molecule is COc1cccc2c1OC[C@@H](NCc1ccccc1OC(F)F)C2. The Morgan fingerprint density at radius 3 is 2.75 bits per heavy atom. The lowest BCUT2D eigenvalue weighted by Gasteiger charge is -2.27. The number of benzene rings is 2. The van der Waals surface area contributed by atoms with Crippen molar-refractivity contribution in [3.05, 3.63) is 53.6 Å². The Hall–Kier alpha value is -2.34. The molecule has 1 atom stereocenters. The van der Waals surface area contributed by atoms with Gasteiger partial charge in [-0.3, -0.25) is 0 Å². The van der Waals surface area contributed by atoms with Crippen molar-refractivity contribution in [3.63, 3.8) is 0 Å². The summed E-state index contributed by atoms with van der Waals surface area (Å²) in [5.74, 6) is 1.69. The number of para-hydroxylation sites is 2. The quantitative estimate of drug-likeness (QED) is 0.878. The number of hydrogen-bond acceptors (Lipinski definition) is 4. The number of nitrogens with one attached hydrogen (secondary N) is 1. The van der Waals surface area contributed by atoms with Crippen LogP contribution >= 0.6 is 0 Å². The van der Waals surface area contributed by atoms with Gasteiger partial charge < -0.3 is 19.5 Å². The van der Waals surface area contributed by atoms with E-state index in [1.165, 1.54) is 0 Å². The van der Waals surface area contributed by atoms with E-state index in [9.17, 15) is 8.78 Å². The zero-order chi connectivity index (χ0) is 16.9. The molecule has 0 amide bonds. The first-order chi connectivity index (χ1) is 11.7. The van der Waals surface area contributed by atoms with Crippen molar-refractivity contribution in [1.29, 1.82) is 0 Å². The molecule has 0 aromatic heterocycles. The number of rotatable bonds is 6. The zero-order valence-electron chi connectivity index (χ0n) is 13.3. The van der Waals surface area contributed by atoms with Crippen LogP contribution in [0.25, 0.3) is 0 Å². The summed E-state index contributed by atoms with van der Waals surface area (Å²) in [4.78, 5) is 0. The zero-order valence-corrected chi connectivity index (χ0v) is 13.3. The summed E-state index contributed by atoms with van der Waals surface area (Å²) in [7, 11) is 1.61. The predicted octanol–water partition coefficient (Wildman–Crippen LogP) is 3.39. The van der Waals surface area contributed by atoms with Gasteiger partial charge in [-0.1, -0.05) is 30.3 Å². The molecule has 24 heavy (non-hydrogen) atoms. The largest absolute Gasteiger partial charge is 0.493 e. The lowest BCUT2D eigenvalue weighted by atomic mass is 10.0. The van der Waals surface area contributed by atoms with Crippen LogP contribution in [0.3, 0.4) is 0 Å². The molecule has 2 aromatic rings. The molecule has 0 spiro atoms. The molecule has 0 bridgehead atoms.